The van der Waals surface area contributed by atoms with Gasteiger partial charge in [0.15, 0.2) is 0 Å². The van der Waals surface area contributed by atoms with Gasteiger partial charge in [0.25, 0.3) is 0 Å². The van der Waals surface area contributed by atoms with Gasteiger partial charge in [0, 0.05) is 13.1 Å². The van der Waals surface area contributed by atoms with E-state index in [2.05, 4.69) is 17.0 Å². The lowest BCUT2D eigenvalue weighted by Gasteiger charge is -2.06. The third-order valence-electron chi connectivity index (χ3n) is 2.65. The molecule has 0 radical (unpaired) electrons. The minimum Gasteiger partial charge on any atom is -0.316 e. The summed E-state index contributed by atoms with van der Waals surface area (Å²) in [6.45, 7) is 6.09. The number of hydrogen-bond donors (Lipinski definition) is 2. The average Bonchev–Trinajstić information content (AvgIpc) is 2.28. The molecule has 0 aliphatic carbocycles. The highest BCUT2D eigenvalue weighted by molar-refractivity contribution is 7.89. The molecule has 17 heavy (non-hydrogen) atoms. The third kappa shape index (κ3) is 12.1. The monoisotopic (exact) mass is 264 g/mol. The fraction of sp³-hybridized carbons (Fsp3) is 1.00. The second-order valence-electron chi connectivity index (χ2n) is 4.33. The summed E-state index contributed by atoms with van der Waals surface area (Å²) < 4.78 is 25.6. The van der Waals surface area contributed by atoms with Gasteiger partial charge in [0.2, 0.25) is 10.0 Å². The molecule has 0 bridgehead atoms. The number of unbranched alkanes of at least 4 members (excludes halogenated alkanes) is 5. The van der Waals surface area contributed by atoms with E-state index in [0.717, 1.165) is 19.4 Å². The Kier molecular flexibility index (Phi) is 10.9. The van der Waals surface area contributed by atoms with Crippen molar-refractivity contribution in [2.75, 3.05) is 25.4 Å². The molecule has 4 nitrogen and oxygen atoms in total. The zero-order valence-electron chi connectivity index (χ0n) is 11.3. The van der Waals surface area contributed by atoms with Crippen molar-refractivity contribution in [2.45, 2.75) is 52.4 Å². The molecule has 0 aromatic rings. The summed E-state index contributed by atoms with van der Waals surface area (Å²) in [5.74, 6) is 0.177. The number of hydrogen-bond acceptors (Lipinski definition) is 3. The first kappa shape index (κ1) is 16.9. The van der Waals surface area contributed by atoms with E-state index in [4.69, 9.17) is 0 Å². The summed E-state index contributed by atoms with van der Waals surface area (Å²) in [4.78, 5) is 0. The van der Waals surface area contributed by atoms with Crippen LogP contribution in [0.3, 0.4) is 0 Å². The summed E-state index contributed by atoms with van der Waals surface area (Å²) in [6, 6.07) is 0. The van der Waals surface area contributed by atoms with Crippen molar-refractivity contribution in [1.82, 2.24) is 10.0 Å². The van der Waals surface area contributed by atoms with Gasteiger partial charge in [-0.15, -0.1) is 0 Å². The molecule has 0 aromatic carbocycles. The molecule has 0 aliphatic heterocycles. The number of nitrogens with one attached hydrogen (secondary N) is 2. The summed E-state index contributed by atoms with van der Waals surface area (Å²) in [7, 11) is -3.06. The molecule has 0 saturated heterocycles. The quantitative estimate of drug-likeness (QED) is 0.529. The van der Waals surface area contributed by atoms with Crippen molar-refractivity contribution in [3.63, 3.8) is 0 Å². The first-order chi connectivity index (χ1) is 8.12. The molecule has 0 heterocycles. The fourth-order valence-corrected chi connectivity index (χ4v) is 2.60. The molecule has 0 aliphatic rings. The maximum absolute atomic E-state index is 11.5. The van der Waals surface area contributed by atoms with Gasteiger partial charge in [-0.3, -0.25) is 0 Å². The molecule has 0 amide bonds. The maximum Gasteiger partial charge on any atom is 0.212 e. The van der Waals surface area contributed by atoms with E-state index in [0.29, 0.717) is 13.1 Å². The summed E-state index contributed by atoms with van der Waals surface area (Å²) in [5, 5.41) is 3.01. The molecule has 0 spiro atoms. The van der Waals surface area contributed by atoms with Crippen molar-refractivity contribution in [3.8, 4) is 0 Å². The number of rotatable bonds is 12. The molecular formula is C12H28N2O2S. The van der Waals surface area contributed by atoms with Crippen LogP contribution in [0.1, 0.15) is 52.4 Å². The van der Waals surface area contributed by atoms with Gasteiger partial charge in [-0.2, -0.15) is 0 Å². The van der Waals surface area contributed by atoms with Crippen molar-refractivity contribution in [1.29, 1.82) is 0 Å². The van der Waals surface area contributed by atoms with Gasteiger partial charge in [0.05, 0.1) is 5.75 Å². The second-order valence-corrected chi connectivity index (χ2v) is 6.26. The average molecular weight is 264 g/mol. The molecule has 2 N–H and O–H groups in total. The molecule has 0 atom stereocenters. The normalized spacial score (nSPS) is 11.9. The van der Waals surface area contributed by atoms with Crippen LogP contribution in [0.25, 0.3) is 0 Å². The SMILES string of the molecule is CCCCCCCCNS(=O)(=O)CCNCC. The van der Waals surface area contributed by atoms with Crippen LogP contribution in [0.2, 0.25) is 0 Å². The smallest absolute Gasteiger partial charge is 0.212 e. The highest BCUT2D eigenvalue weighted by Gasteiger charge is 2.07. The van der Waals surface area contributed by atoms with E-state index in [1.54, 1.807) is 0 Å². The minimum atomic E-state index is -3.06. The Balaban J connectivity index is 3.39. The van der Waals surface area contributed by atoms with Gasteiger partial charge < -0.3 is 5.32 Å². The largest absolute Gasteiger partial charge is 0.316 e. The van der Waals surface area contributed by atoms with Gasteiger partial charge >= 0.3 is 0 Å². The van der Waals surface area contributed by atoms with E-state index in [-0.39, 0.29) is 5.75 Å². The molecule has 0 rings (SSSR count). The Labute approximate surface area is 107 Å². The van der Waals surface area contributed by atoms with Crippen molar-refractivity contribution >= 4 is 10.0 Å². The van der Waals surface area contributed by atoms with Gasteiger partial charge in [-0.25, -0.2) is 13.1 Å². The molecular weight excluding hydrogens is 236 g/mol. The lowest BCUT2D eigenvalue weighted by Crippen LogP contribution is -2.32. The summed E-state index contributed by atoms with van der Waals surface area (Å²) in [6.07, 6.45) is 7.09. The lowest BCUT2D eigenvalue weighted by molar-refractivity contribution is 0.565. The highest BCUT2D eigenvalue weighted by Crippen LogP contribution is 2.04. The van der Waals surface area contributed by atoms with E-state index in [1.165, 1.54) is 25.7 Å². The van der Waals surface area contributed by atoms with Crippen molar-refractivity contribution in [3.05, 3.63) is 0 Å². The third-order valence-corrected chi connectivity index (χ3v) is 4.04. The van der Waals surface area contributed by atoms with Crippen LogP contribution in [0.15, 0.2) is 0 Å². The van der Waals surface area contributed by atoms with Gasteiger partial charge in [0.1, 0.15) is 0 Å². The Bertz CT molecular complexity index is 253. The van der Waals surface area contributed by atoms with Crippen LogP contribution in [-0.4, -0.2) is 33.8 Å². The molecule has 5 heteroatoms. The van der Waals surface area contributed by atoms with Crippen LogP contribution in [0, 0.1) is 0 Å². The van der Waals surface area contributed by atoms with E-state index in [9.17, 15) is 8.42 Å². The van der Waals surface area contributed by atoms with Crippen molar-refractivity contribution < 1.29 is 8.42 Å². The first-order valence-electron chi connectivity index (χ1n) is 6.80. The molecule has 0 unspecified atom stereocenters. The van der Waals surface area contributed by atoms with Crippen LogP contribution in [-0.2, 0) is 10.0 Å². The standard InChI is InChI=1S/C12H28N2O2S/c1-3-5-6-7-8-9-10-14-17(15,16)12-11-13-4-2/h13-14H,3-12H2,1-2H3. The topological polar surface area (TPSA) is 58.2 Å². The predicted octanol–water partition coefficient (Wildman–Crippen LogP) is 1.88. The second kappa shape index (κ2) is 11.0. The summed E-state index contributed by atoms with van der Waals surface area (Å²) >= 11 is 0. The van der Waals surface area contributed by atoms with E-state index < -0.39 is 10.0 Å². The van der Waals surface area contributed by atoms with Crippen LogP contribution < -0.4 is 10.0 Å². The molecule has 104 valence electrons. The van der Waals surface area contributed by atoms with Crippen LogP contribution in [0.4, 0.5) is 0 Å². The van der Waals surface area contributed by atoms with Crippen LogP contribution >= 0.6 is 0 Å². The molecule has 0 saturated carbocycles. The van der Waals surface area contributed by atoms with Gasteiger partial charge in [-0.1, -0.05) is 46.0 Å². The summed E-state index contributed by atoms with van der Waals surface area (Å²) in [5.41, 5.74) is 0. The van der Waals surface area contributed by atoms with E-state index >= 15 is 0 Å². The Morgan fingerprint density at radius 3 is 2.18 bits per heavy atom. The Morgan fingerprint density at radius 1 is 0.882 bits per heavy atom. The van der Waals surface area contributed by atoms with Crippen LogP contribution in [0.5, 0.6) is 0 Å². The number of sulfonamides is 1. The zero-order chi connectivity index (χ0) is 13.0. The van der Waals surface area contributed by atoms with Gasteiger partial charge in [-0.05, 0) is 13.0 Å². The zero-order valence-corrected chi connectivity index (χ0v) is 12.1. The fourth-order valence-electron chi connectivity index (χ4n) is 1.59. The van der Waals surface area contributed by atoms with Crippen molar-refractivity contribution in [2.24, 2.45) is 0 Å². The van der Waals surface area contributed by atoms with E-state index in [1.807, 2.05) is 6.92 Å². The predicted molar refractivity (Wildman–Crippen MR) is 73.7 cm³/mol. The Morgan fingerprint density at radius 2 is 1.53 bits per heavy atom. The minimum absolute atomic E-state index is 0.177. The lowest BCUT2D eigenvalue weighted by atomic mass is 10.1. The highest BCUT2D eigenvalue weighted by atomic mass is 32.2. The Hall–Kier alpha value is -0.130. The maximum atomic E-state index is 11.5. The molecule has 0 aromatic heterocycles. The molecule has 0 fully saturated rings. The first-order valence-corrected chi connectivity index (χ1v) is 8.45.